The van der Waals surface area contributed by atoms with Gasteiger partial charge in [-0.05, 0) is 61.8 Å². The number of phenols is 1. The number of aromatic hydroxyl groups is 1. The van der Waals surface area contributed by atoms with Gasteiger partial charge in [0, 0.05) is 5.70 Å². The molecule has 2 aliphatic rings. The summed E-state index contributed by atoms with van der Waals surface area (Å²) in [5.41, 5.74) is 0.160. The molecule has 0 aliphatic heterocycles. The van der Waals surface area contributed by atoms with Gasteiger partial charge in [-0.15, -0.1) is 12.8 Å². The Morgan fingerprint density at radius 3 is 1.67 bits per heavy atom. The highest BCUT2D eigenvalue weighted by Gasteiger charge is 2.33. The van der Waals surface area contributed by atoms with Gasteiger partial charge in [0.2, 0.25) is 5.91 Å². The molecule has 1 aromatic rings. The molecule has 1 aromatic carbocycles. The standard InChI is InChI=1S/C11H17F3N2O.2C8H16.C6H6O.3C2H6.C2H2.CH4/c1-3-5-9(6-7-11(12,13)14)16-10(17)8-15-4-2;1-7-3-5-8(2)6-4-7;1-3-5-8-6-7(8)4-2;7-6-4-2-1-3-5-6;4*1-2;/h3,5-6,15H,4,7-8H2,1-2H3,(H,16,17);2*7-8H,3-6H2,1-2H3;1-5,7H;3*1-2H3;1-2H;1H4/b5-3-,9-6+;;;;;;;;. The molecule has 2 unspecified atom stereocenters. The maximum absolute atomic E-state index is 12.0. The van der Waals surface area contributed by atoms with Crippen LogP contribution in [-0.4, -0.2) is 30.3 Å². The van der Waals surface area contributed by atoms with E-state index in [-0.39, 0.29) is 25.6 Å². The third-order valence-corrected chi connectivity index (χ3v) is 7.03. The van der Waals surface area contributed by atoms with Crippen LogP contribution < -0.4 is 10.6 Å². The maximum Gasteiger partial charge on any atom is 0.392 e. The minimum atomic E-state index is -4.26. The van der Waals surface area contributed by atoms with Gasteiger partial charge < -0.3 is 15.7 Å². The van der Waals surface area contributed by atoms with Gasteiger partial charge in [0.1, 0.15) is 5.75 Å². The molecular formula is C42H79F3N2O2. The summed E-state index contributed by atoms with van der Waals surface area (Å²) in [7, 11) is 0. The third kappa shape index (κ3) is 45.3. The lowest BCUT2D eigenvalue weighted by atomic mass is 9.84. The van der Waals surface area contributed by atoms with Crippen molar-refractivity contribution in [2.45, 2.75) is 154 Å². The molecule has 4 nitrogen and oxygen atoms in total. The van der Waals surface area contributed by atoms with E-state index in [4.69, 9.17) is 5.11 Å². The quantitative estimate of drug-likeness (QED) is 0.177. The van der Waals surface area contributed by atoms with Crippen LogP contribution in [0.3, 0.4) is 0 Å². The second kappa shape index (κ2) is 43.3. The van der Waals surface area contributed by atoms with Crippen molar-refractivity contribution in [1.29, 1.82) is 0 Å². The van der Waals surface area contributed by atoms with E-state index in [0.717, 1.165) is 29.7 Å². The summed E-state index contributed by atoms with van der Waals surface area (Å²) in [6.45, 7) is 25.5. The number of allylic oxidation sites excluding steroid dienone is 3. The fraction of sp³-hybridized carbons (Fsp3) is 0.690. The summed E-state index contributed by atoms with van der Waals surface area (Å²) in [6, 6.07) is 8.71. The van der Waals surface area contributed by atoms with Gasteiger partial charge in [-0.25, -0.2) is 0 Å². The molecule has 0 radical (unpaired) electrons. The van der Waals surface area contributed by atoms with Crippen molar-refractivity contribution < 1.29 is 23.1 Å². The Bertz CT molecular complexity index is 850. The van der Waals surface area contributed by atoms with Gasteiger partial charge in [0.05, 0.1) is 13.0 Å². The molecule has 0 spiro atoms. The summed E-state index contributed by atoms with van der Waals surface area (Å²) < 4.78 is 36.0. The molecule has 49 heavy (non-hydrogen) atoms. The van der Waals surface area contributed by atoms with Gasteiger partial charge in [0.25, 0.3) is 0 Å². The van der Waals surface area contributed by atoms with Crippen LogP contribution in [0.15, 0.2) is 54.3 Å². The Hall–Kier alpha value is -2.72. The number of benzene rings is 1. The largest absolute Gasteiger partial charge is 0.508 e. The molecule has 0 bridgehead atoms. The zero-order valence-electron chi connectivity index (χ0n) is 32.9. The smallest absolute Gasteiger partial charge is 0.392 e. The topological polar surface area (TPSA) is 61.4 Å². The number of amides is 1. The van der Waals surface area contributed by atoms with E-state index in [1.165, 1.54) is 57.4 Å². The number of carbonyl (C=O) groups is 1. The summed E-state index contributed by atoms with van der Waals surface area (Å²) in [6.07, 6.45) is 18.3. The predicted molar refractivity (Wildman–Crippen MR) is 213 cm³/mol. The molecule has 0 saturated heterocycles. The number of likely N-dealkylation sites (N-methyl/N-ethyl adjacent to an activating group) is 1. The molecule has 2 fully saturated rings. The highest BCUT2D eigenvalue weighted by Crippen LogP contribution is 2.43. The Morgan fingerprint density at radius 1 is 0.898 bits per heavy atom. The molecule has 2 saturated carbocycles. The number of halogens is 3. The van der Waals surface area contributed by atoms with E-state index >= 15 is 0 Å². The summed E-state index contributed by atoms with van der Waals surface area (Å²) in [5, 5.41) is 13.8. The minimum absolute atomic E-state index is 0. The summed E-state index contributed by atoms with van der Waals surface area (Å²) in [5.74, 6) is 4.25. The van der Waals surface area contributed by atoms with Gasteiger partial charge in [-0.2, -0.15) is 13.2 Å². The van der Waals surface area contributed by atoms with Crippen molar-refractivity contribution in [1.82, 2.24) is 10.6 Å². The van der Waals surface area contributed by atoms with Crippen molar-refractivity contribution >= 4 is 5.91 Å². The molecule has 2 aliphatic carbocycles. The van der Waals surface area contributed by atoms with Crippen molar-refractivity contribution in [2.24, 2.45) is 23.7 Å². The first-order valence-corrected chi connectivity index (χ1v) is 18.4. The van der Waals surface area contributed by atoms with Crippen LogP contribution in [0.25, 0.3) is 0 Å². The fourth-order valence-electron chi connectivity index (χ4n) is 4.40. The summed E-state index contributed by atoms with van der Waals surface area (Å²) >= 11 is 0. The molecule has 290 valence electrons. The average Bonchev–Trinajstić information content (AvgIpc) is 3.87. The number of hydrogen-bond donors (Lipinski definition) is 3. The molecule has 2 atom stereocenters. The second-order valence-electron chi connectivity index (χ2n) is 11.0. The molecule has 0 aromatic heterocycles. The third-order valence-electron chi connectivity index (χ3n) is 7.03. The number of alkyl halides is 3. The minimum Gasteiger partial charge on any atom is -0.508 e. The molecule has 0 heterocycles. The molecule has 7 heteroatoms. The lowest BCUT2D eigenvalue weighted by molar-refractivity contribution is -0.125. The number of phenolic OH excluding ortho intramolecular Hbond substituents is 1. The fourth-order valence-corrected chi connectivity index (χ4v) is 4.40. The van der Waals surface area contributed by atoms with Gasteiger partial charge >= 0.3 is 6.18 Å². The molecule has 1 amide bonds. The van der Waals surface area contributed by atoms with Crippen molar-refractivity contribution in [3.63, 3.8) is 0 Å². The van der Waals surface area contributed by atoms with E-state index in [2.05, 4.69) is 51.2 Å². The van der Waals surface area contributed by atoms with Crippen LogP contribution in [0.2, 0.25) is 0 Å². The van der Waals surface area contributed by atoms with Crippen molar-refractivity contribution in [3.05, 3.63) is 54.3 Å². The Kier molecular flexibility index (Phi) is 51.7. The van der Waals surface area contributed by atoms with Gasteiger partial charge in [-0.3, -0.25) is 4.79 Å². The monoisotopic (exact) mass is 701 g/mol. The highest BCUT2D eigenvalue weighted by atomic mass is 19.4. The molecular weight excluding hydrogens is 621 g/mol. The van der Waals surface area contributed by atoms with Crippen LogP contribution >= 0.6 is 0 Å². The normalized spacial score (nSPS) is 18.4. The van der Waals surface area contributed by atoms with E-state index in [1.807, 2.05) is 54.5 Å². The second-order valence-corrected chi connectivity index (χ2v) is 11.0. The van der Waals surface area contributed by atoms with Crippen LogP contribution in [0.4, 0.5) is 13.2 Å². The maximum atomic E-state index is 12.0. The van der Waals surface area contributed by atoms with Crippen LogP contribution in [-0.2, 0) is 4.79 Å². The first-order valence-electron chi connectivity index (χ1n) is 18.4. The Balaban J connectivity index is -0.000000123. The van der Waals surface area contributed by atoms with Gasteiger partial charge in [-0.1, -0.05) is 159 Å². The highest BCUT2D eigenvalue weighted by molar-refractivity contribution is 5.80. The van der Waals surface area contributed by atoms with Crippen molar-refractivity contribution in [2.75, 3.05) is 13.1 Å². The predicted octanol–water partition coefficient (Wildman–Crippen LogP) is 13.1. The van der Waals surface area contributed by atoms with Gasteiger partial charge in [0.15, 0.2) is 0 Å². The van der Waals surface area contributed by atoms with Crippen LogP contribution in [0.5, 0.6) is 5.75 Å². The number of carbonyl (C=O) groups excluding carboxylic acids is 1. The van der Waals surface area contributed by atoms with E-state index < -0.39 is 12.6 Å². The average molecular weight is 701 g/mol. The Labute approximate surface area is 303 Å². The number of rotatable bonds is 9. The number of terminal acetylenes is 1. The molecule has 3 N–H and O–H groups in total. The van der Waals surface area contributed by atoms with Crippen LogP contribution in [0.1, 0.15) is 148 Å². The zero-order valence-corrected chi connectivity index (χ0v) is 32.9. The number of para-hydroxylation sites is 1. The number of hydrogen-bond acceptors (Lipinski definition) is 3. The number of nitrogens with one attached hydrogen (secondary N) is 2. The lowest BCUT2D eigenvalue weighted by Gasteiger charge is -2.22. The zero-order chi connectivity index (χ0) is 38.4. The van der Waals surface area contributed by atoms with E-state index in [1.54, 1.807) is 37.3 Å². The Morgan fingerprint density at radius 2 is 1.37 bits per heavy atom. The van der Waals surface area contributed by atoms with E-state index in [0.29, 0.717) is 12.3 Å². The van der Waals surface area contributed by atoms with Crippen LogP contribution in [0, 0.1) is 36.5 Å². The first kappa shape index (κ1) is 58.5. The van der Waals surface area contributed by atoms with Crippen molar-refractivity contribution in [3.8, 4) is 18.6 Å². The van der Waals surface area contributed by atoms with E-state index in [9.17, 15) is 18.0 Å². The SMILES string of the molecule is C.C#C.C/C=C\C(=C/CC(F)(F)F)NC(=O)CNCC.CC.CC.CC.CC1CCC(C)CC1.CCCC1CC1CC.Oc1ccccc1. The lowest BCUT2D eigenvalue weighted by Crippen LogP contribution is -2.33. The summed E-state index contributed by atoms with van der Waals surface area (Å²) in [4.78, 5) is 11.3. The molecule has 3 rings (SSSR count). The first-order chi connectivity index (χ1) is 22.9.